The fraction of sp³-hybridized carbons (Fsp3) is 0.800. The minimum atomic E-state index is -0.604. The van der Waals surface area contributed by atoms with E-state index in [9.17, 15) is 14.4 Å². The van der Waals surface area contributed by atoms with E-state index in [4.69, 9.17) is 9.47 Å². The van der Waals surface area contributed by atoms with Gasteiger partial charge in [0.1, 0.15) is 11.2 Å². The lowest BCUT2D eigenvalue weighted by Crippen LogP contribution is -2.38. The Morgan fingerprint density at radius 3 is 2.18 bits per heavy atom. The third-order valence-electron chi connectivity index (χ3n) is 2.79. The second-order valence-corrected chi connectivity index (χ2v) is 7.41. The van der Waals surface area contributed by atoms with Gasteiger partial charge in [-0.1, -0.05) is 0 Å². The molecule has 2 amide bonds. The number of alkyl carbamates (subject to hydrolysis) is 1. The zero-order chi connectivity index (χ0) is 17.1. The largest absolute Gasteiger partial charge is 0.444 e. The number of carbonyl (C=O) groups is 3. The zero-order valence-corrected chi connectivity index (χ0v) is 14.2. The van der Waals surface area contributed by atoms with Crippen LogP contribution >= 0.6 is 0 Å². The summed E-state index contributed by atoms with van der Waals surface area (Å²) in [4.78, 5) is 36.8. The molecular formula is C15H26N2O5. The molecule has 1 heterocycles. The van der Waals surface area contributed by atoms with E-state index in [0.29, 0.717) is 0 Å². The van der Waals surface area contributed by atoms with Crippen molar-refractivity contribution < 1.29 is 23.9 Å². The number of hydrogen-bond donors (Lipinski definition) is 1. The van der Waals surface area contributed by atoms with Crippen molar-refractivity contribution in [3.05, 3.63) is 0 Å². The highest BCUT2D eigenvalue weighted by molar-refractivity contribution is 5.90. The molecule has 1 unspecified atom stereocenters. The predicted octanol–water partition coefficient (Wildman–Crippen LogP) is 1.95. The van der Waals surface area contributed by atoms with Crippen LogP contribution in [0.2, 0.25) is 0 Å². The van der Waals surface area contributed by atoms with Crippen molar-refractivity contribution in [1.29, 1.82) is 0 Å². The van der Waals surface area contributed by atoms with Gasteiger partial charge in [0.05, 0.1) is 12.5 Å². The molecule has 1 aliphatic heterocycles. The molecule has 1 atom stereocenters. The maximum Gasteiger partial charge on any atom is 0.410 e. The number of nitrogens with zero attached hydrogens (tertiary/aromatic N) is 1. The summed E-state index contributed by atoms with van der Waals surface area (Å²) in [6.45, 7) is 11.0. The smallest absolute Gasteiger partial charge is 0.410 e. The number of rotatable bonds is 2. The predicted molar refractivity (Wildman–Crippen MR) is 80.5 cm³/mol. The summed E-state index contributed by atoms with van der Waals surface area (Å²) in [6.07, 6.45) is -1.09. The number of nitrogens with one attached hydrogen (secondary N) is 1. The van der Waals surface area contributed by atoms with Crippen molar-refractivity contribution >= 4 is 18.0 Å². The Labute approximate surface area is 131 Å². The number of carbonyl (C=O) groups excluding carboxylic acids is 3. The average Bonchev–Trinajstić information content (AvgIpc) is 2.63. The van der Waals surface area contributed by atoms with E-state index in [1.54, 1.807) is 41.5 Å². The van der Waals surface area contributed by atoms with Crippen molar-refractivity contribution in [3.8, 4) is 0 Å². The Hall–Kier alpha value is -1.79. The maximum atomic E-state index is 11.9. The molecule has 126 valence electrons. The van der Waals surface area contributed by atoms with Gasteiger partial charge in [-0.25, -0.2) is 9.59 Å². The SMILES string of the molecule is CC(C)(C)OC(=O)NCC1CN(C(=O)OC(C)(C)C)CC1=O. The van der Waals surface area contributed by atoms with Crippen LogP contribution in [0.25, 0.3) is 0 Å². The number of ketones is 1. The van der Waals surface area contributed by atoms with Crippen molar-refractivity contribution in [2.75, 3.05) is 19.6 Å². The van der Waals surface area contributed by atoms with Crippen molar-refractivity contribution in [1.82, 2.24) is 10.2 Å². The Kier molecular flexibility index (Phi) is 5.43. The first kappa shape index (κ1) is 18.3. The molecular weight excluding hydrogens is 288 g/mol. The fourth-order valence-electron chi connectivity index (χ4n) is 1.91. The summed E-state index contributed by atoms with van der Waals surface area (Å²) in [7, 11) is 0. The van der Waals surface area contributed by atoms with Gasteiger partial charge in [0.15, 0.2) is 5.78 Å². The number of hydrogen-bond acceptors (Lipinski definition) is 5. The highest BCUT2D eigenvalue weighted by Gasteiger charge is 2.36. The third kappa shape index (κ3) is 6.32. The maximum absolute atomic E-state index is 11.9. The molecule has 0 aromatic carbocycles. The minimum absolute atomic E-state index is 0.00950. The number of ether oxygens (including phenoxy) is 2. The molecule has 1 rings (SSSR count). The van der Waals surface area contributed by atoms with Crippen LogP contribution in [0.4, 0.5) is 9.59 Å². The van der Waals surface area contributed by atoms with E-state index >= 15 is 0 Å². The fourth-order valence-corrected chi connectivity index (χ4v) is 1.91. The first-order valence-corrected chi connectivity index (χ1v) is 7.35. The monoisotopic (exact) mass is 314 g/mol. The summed E-state index contributed by atoms with van der Waals surface area (Å²) >= 11 is 0. The average molecular weight is 314 g/mol. The highest BCUT2D eigenvalue weighted by atomic mass is 16.6. The van der Waals surface area contributed by atoms with E-state index in [1.165, 1.54) is 4.90 Å². The molecule has 0 bridgehead atoms. The standard InChI is InChI=1S/C15H26N2O5/c1-14(2,3)21-12(19)16-7-10-8-17(9-11(10)18)13(20)22-15(4,5)6/h10H,7-9H2,1-6H3,(H,16,19). The Morgan fingerprint density at radius 2 is 1.68 bits per heavy atom. The molecule has 0 aliphatic carbocycles. The Morgan fingerprint density at radius 1 is 1.14 bits per heavy atom. The molecule has 7 heteroatoms. The number of Topliss-reactive ketones (excluding diaryl/α,β-unsaturated/α-hetero) is 1. The van der Waals surface area contributed by atoms with Crippen LogP contribution in [-0.2, 0) is 14.3 Å². The molecule has 22 heavy (non-hydrogen) atoms. The summed E-state index contributed by atoms with van der Waals surface area (Å²) in [5.41, 5.74) is -1.20. The third-order valence-corrected chi connectivity index (χ3v) is 2.79. The summed E-state index contributed by atoms with van der Waals surface area (Å²) in [6, 6.07) is 0. The molecule has 1 saturated heterocycles. The molecule has 0 saturated carbocycles. The molecule has 7 nitrogen and oxygen atoms in total. The highest BCUT2D eigenvalue weighted by Crippen LogP contribution is 2.17. The van der Waals surface area contributed by atoms with Crippen molar-refractivity contribution in [2.45, 2.75) is 52.7 Å². The van der Waals surface area contributed by atoms with Crippen LogP contribution in [0.3, 0.4) is 0 Å². The second-order valence-electron chi connectivity index (χ2n) is 7.41. The van der Waals surface area contributed by atoms with Crippen LogP contribution in [0.15, 0.2) is 0 Å². The van der Waals surface area contributed by atoms with E-state index in [1.807, 2.05) is 0 Å². The molecule has 0 aromatic heterocycles. The Bertz CT molecular complexity index is 448. The summed E-state index contributed by atoms with van der Waals surface area (Å²) in [5.74, 6) is -0.526. The van der Waals surface area contributed by atoms with Gasteiger partial charge >= 0.3 is 12.2 Å². The van der Waals surface area contributed by atoms with Gasteiger partial charge in [-0.2, -0.15) is 0 Å². The molecule has 0 aromatic rings. The van der Waals surface area contributed by atoms with Crippen molar-refractivity contribution in [3.63, 3.8) is 0 Å². The molecule has 1 fully saturated rings. The van der Waals surface area contributed by atoms with Gasteiger partial charge in [0.25, 0.3) is 0 Å². The molecule has 1 N–H and O–H groups in total. The van der Waals surface area contributed by atoms with Gasteiger partial charge in [-0.05, 0) is 41.5 Å². The lowest BCUT2D eigenvalue weighted by atomic mass is 10.1. The molecule has 0 radical (unpaired) electrons. The normalized spacial score (nSPS) is 19.1. The number of likely N-dealkylation sites (tertiary alicyclic amines) is 1. The first-order valence-electron chi connectivity index (χ1n) is 7.35. The van der Waals surface area contributed by atoms with Crippen molar-refractivity contribution in [2.24, 2.45) is 5.92 Å². The lowest BCUT2D eigenvalue weighted by molar-refractivity contribution is -0.119. The first-order chi connectivity index (χ1) is 9.87. The quantitative estimate of drug-likeness (QED) is 0.842. The number of amides is 2. The van der Waals surface area contributed by atoms with Gasteiger partial charge in [-0.3, -0.25) is 4.79 Å². The van der Waals surface area contributed by atoms with E-state index in [-0.39, 0.29) is 25.4 Å². The van der Waals surface area contributed by atoms with Crippen LogP contribution in [0.5, 0.6) is 0 Å². The van der Waals surface area contributed by atoms with Crippen LogP contribution in [-0.4, -0.2) is 53.7 Å². The van der Waals surface area contributed by atoms with E-state index in [0.717, 1.165) is 0 Å². The van der Waals surface area contributed by atoms with E-state index in [2.05, 4.69) is 5.32 Å². The van der Waals surface area contributed by atoms with Crippen LogP contribution in [0.1, 0.15) is 41.5 Å². The summed E-state index contributed by atoms with van der Waals surface area (Å²) in [5, 5.41) is 2.56. The van der Waals surface area contributed by atoms with E-state index < -0.39 is 29.3 Å². The van der Waals surface area contributed by atoms with Gasteiger partial charge < -0.3 is 19.7 Å². The topological polar surface area (TPSA) is 84.9 Å². The zero-order valence-electron chi connectivity index (χ0n) is 14.2. The van der Waals surface area contributed by atoms with Crippen LogP contribution in [0, 0.1) is 5.92 Å². The van der Waals surface area contributed by atoms with Gasteiger partial charge in [0.2, 0.25) is 0 Å². The second kappa shape index (κ2) is 6.54. The summed E-state index contributed by atoms with van der Waals surface area (Å²) < 4.78 is 10.3. The lowest BCUT2D eigenvalue weighted by Gasteiger charge is -2.24. The Balaban J connectivity index is 2.46. The van der Waals surface area contributed by atoms with Gasteiger partial charge in [-0.15, -0.1) is 0 Å². The molecule has 1 aliphatic rings. The minimum Gasteiger partial charge on any atom is -0.444 e. The van der Waals surface area contributed by atoms with Crippen LogP contribution < -0.4 is 5.32 Å². The van der Waals surface area contributed by atoms with Gasteiger partial charge in [0, 0.05) is 13.1 Å². The molecule has 0 spiro atoms.